The highest BCUT2D eigenvalue weighted by atomic mass is 32.2. The Morgan fingerprint density at radius 2 is 0.635 bits per heavy atom. The van der Waals surface area contributed by atoms with Crippen molar-refractivity contribution in [3.05, 3.63) is 102 Å². The average molecular weight is 1580 g/mol. The van der Waals surface area contributed by atoms with Gasteiger partial charge in [-0.2, -0.15) is 0 Å². The zero-order chi connectivity index (χ0) is 72.6. The summed E-state index contributed by atoms with van der Waals surface area (Å²) in [5.74, 6) is 1.36. The summed E-state index contributed by atoms with van der Waals surface area (Å²) in [6.07, 6.45) is 49.6. The van der Waals surface area contributed by atoms with Gasteiger partial charge in [-0.3, -0.25) is 19.4 Å². The monoisotopic (exact) mass is 1580 g/mol. The molecular formula is C86H110N4O4S10. The standard InChI is InChI=1S/C86H110N4O4S10/c1-7-13-19-25-29-35-41-59-51-63(55-75-83(91)89(85(95)103-75)49-39-33-23-17-11-5)97-77(59)69-45-47-71(99-69)79-61(43-37-31-27-21-15-9-3)53-73(101-79)81-87-65-57-68-66(58-67(65)93-81)88-82(94-68)74-54-62(44-38-32-28-22-16-10-4)80(102-74)72-48-46-70(100-72)78-60(42-36-30-26-20-14-8-2)52-64(98-78)56-76-84(92)90(86(96)104-76)50-40-34-24-18-12-6/h45-48,51-58H,7-44,49-50H2,1-6H3/b75-55-,76-56-. The fraction of sp³-hybridized carbons (Fsp3) is 0.535. The third-order valence-electron chi connectivity index (χ3n) is 20.2. The molecule has 11 rings (SSSR count). The molecule has 0 bridgehead atoms. The van der Waals surface area contributed by atoms with Crippen LogP contribution in [-0.4, -0.2) is 53.3 Å². The molecule has 2 aliphatic heterocycles. The highest BCUT2D eigenvalue weighted by Gasteiger charge is 2.34. The number of hydrogen-bond acceptors (Lipinski definition) is 16. The zero-order valence-electron chi connectivity index (χ0n) is 62.7. The van der Waals surface area contributed by atoms with Crippen molar-refractivity contribution in [1.29, 1.82) is 0 Å². The van der Waals surface area contributed by atoms with Crippen LogP contribution in [0.3, 0.4) is 0 Å². The second-order valence-corrected chi connectivity index (χ2v) is 38.4. The molecule has 0 aliphatic carbocycles. The van der Waals surface area contributed by atoms with E-state index in [2.05, 4.69) is 102 Å². The molecule has 0 radical (unpaired) electrons. The van der Waals surface area contributed by atoms with E-state index in [1.54, 1.807) is 22.7 Å². The predicted molar refractivity (Wildman–Crippen MR) is 467 cm³/mol. The molecular weight excluding hydrogens is 1470 g/mol. The lowest BCUT2D eigenvalue weighted by Crippen LogP contribution is -2.28. The molecule has 9 aromatic rings. The molecule has 18 heteroatoms. The van der Waals surface area contributed by atoms with E-state index >= 15 is 0 Å². The highest BCUT2D eigenvalue weighted by Crippen LogP contribution is 2.50. The molecule has 0 unspecified atom stereocenters. The highest BCUT2D eigenvalue weighted by molar-refractivity contribution is 8.27. The number of fused-ring (bicyclic) bond motifs is 2. The lowest BCUT2D eigenvalue weighted by molar-refractivity contribution is -0.123. The first-order valence-electron chi connectivity index (χ1n) is 39.9. The van der Waals surface area contributed by atoms with E-state index in [0.717, 1.165) is 117 Å². The van der Waals surface area contributed by atoms with Gasteiger partial charge in [0, 0.05) is 74.0 Å². The van der Waals surface area contributed by atoms with Crippen LogP contribution in [0.4, 0.5) is 0 Å². The summed E-state index contributed by atoms with van der Waals surface area (Å²) in [5, 5.41) is 0. The van der Waals surface area contributed by atoms with E-state index in [9.17, 15) is 9.59 Å². The van der Waals surface area contributed by atoms with Gasteiger partial charge in [0.05, 0.1) is 19.6 Å². The van der Waals surface area contributed by atoms with Gasteiger partial charge in [-0.1, -0.05) is 269 Å². The molecule has 2 aliphatic rings. The number of amides is 2. The van der Waals surface area contributed by atoms with Crippen molar-refractivity contribution >= 4 is 171 Å². The number of hydrogen-bond donors (Lipinski definition) is 0. The lowest BCUT2D eigenvalue weighted by Gasteiger charge is -2.13. The molecule has 104 heavy (non-hydrogen) atoms. The Morgan fingerprint density at radius 1 is 0.346 bits per heavy atom. The van der Waals surface area contributed by atoms with Crippen molar-refractivity contribution in [2.24, 2.45) is 0 Å². The number of carbonyl (C=O) groups excluding carboxylic acids is 2. The Hall–Kier alpha value is -4.34. The molecule has 558 valence electrons. The Labute approximate surface area is 664 Å². The summed E-state index contributed by atoms with van der Waals surface area (Å²) >= 11 is 25.6. The van der Waals surface area contributed by atoms with Crippen LogP contribution in [0.5, 0.6) is 0 Å². The Morgan fingerprint density at radius 3 is 0.962 bits per heavy atom. The molecule has 8 aromatic heterocycles. The van der Waals surface area contributed by atoms with Crippen molar-refractivity contribution in [3.63, 3.8) is 0 Å². The molecule has 2 amide bonds. The van der Waals surface area contributed by atoms with Gasteiger partial charge in [-0.25, -0.2) is 9.97 Å². The summed E-state index contributed by atoms with van der Waals surface area (Å²) in [7, 11) is 0. The number of unbranched alkanes of at least 4 members (excludes halogenated alkanes) is 28. The van der Waals surface area contributed by atoms with E-state index in [0.29, 0.717) is 44.7 Å². The summed E-state index contributed by atoms with van der Waals surface area (Å²) in [6, 6.07) is 22.8. The van der Waals surface area contributed by atoms with Crippen LogP contribution in [0.1, 0.15) is 292 Å². The normalized spacial score (nSPS) is 14.4. The van der Waals surface area contributed by atoms with Gasteiger partial charge in [-0.05, 0) is 147 Å². The number of carbonyl (C=O) groups is 2. The first-order chi connectivity index (χ1) is 51.0. The summed E-state index contributed by atoms with van der Waals surface area (Å²) in [5.41, 5.74) is 8.38. The number of aryl methyl sites for hydroxylation is 4. The number of aromatic nitrogens is 2. The number of thioether (sulfide) groups is 2. The Balaban J connectivity index is 0.854. The third kappa shape index (κ3) is 22.0. The number of benzene rings is 1. The lowest BCUT2D eigenvalue weighted by atomic mass is 10.0. The SMILES string of the molecule is CCCCCCCCc1cc(/C=C2\SC(=S)N(CCCCCCC)C2=O)sc1-c1ccc(-c2sc(-c3nc4cc5oc(-c6cc(CCCCCCCC)c(-c7ccc(-c8sc(/C=C9\SC(=S)N(CCCCCCC)C9=O)cc8CCCCCCCC)s7)s6)nc5cc4o3)cc2CCCCCCCC)s1. The molecule has 10 heterocycles. The number of thiocarbonyl (C=S) groups is 2. The minimum Gasteiger partial charge on any atom is -0.435 e. The zero-order valence-corrected chi connectivity index (χ0v) is 70.9. The smallest absolute Gasteiger partial charge is 0.266 e. The van der Waals surface area contributed by atoms with E-state index in [-0.39, 0.29) is 11.8 Å². The van der Waals surface area contributed by atoms with Gasteiger partial charge >= 0.3 is 0 Å². The maximum atomic E-state index is 13.9. The first kappa shape index (κ1) is 80.7. The van der Waals surface area contributed by atoms with Crippen LogP contribution in [0.15, 0.2) is 79.3 Å². The van der Waals surface area contributed by atoms with Crippen LogP contribution in [0.2, 0.25) is 0 Å². The summed E-state index contributed by atoms with van der Waals surface area (Å²) < 4.78 is 15.0. The molecule has 0 atom stereocenters. The fourth-order valence-corrected chi connectivity index (χ4v) is 24.1. The van der Waals surface area contributed by atoms with Gasteiger partial charge in [0.15, 0.2) is 11.2 Å². The molecule has 1 aromatic carbocycles. The van der Waals surface area contributed by atoms with Gasteiger partial charge < -0.3 is 8.83 Å². The third-order valence-corrected chi connectivity index (χ3v) is 30.4. The van der Waals surface area contributed by atoms with Crippen LogP contribution in [-0.2, 0) is 35.3 Å². The minimum atomic E-state index is 0.0553. The summed E-state index contributed by atoms with van der Waals surface area (Å²) in [6.45, 7) is 15.0. The molecule has 0 spiro atoms. The van der Waals surface area contributed by atoms with Crippen molar-refractivity contribution in [3.8, 4) is 60.6 Å². The van der Waals surface area contributed by atoms with E-state index < -0.39 is 0 Å². The van der Waals surface area contributed by atoms with Crippen molar-refractivity contribution in [2.75, 3.05) is 13.1 Å². The maximum absolute atomic E-state index is 13.9. The second-order valence-electron chi connectivity index (χ2n) is 28.7. The second kappa shape index (κ2) is 42.0. The van der Waals surface area contributed by atoms with Crippen molar-refractivity contribution in [2.45, 2.75) is 286 Å². The van der Waals surface area contributed by atoms with Crippen LogP contribution >= 0.6 is 116 Å². The van der Waals surface area contributed by atoms with Gasteiger partial charge in [-0.15, -0.1) is 68.0 Å². The average Bonchev–Trinajstić information content (AvgIpc) is 1.62. The number of nitrogens with zero attached hydrogens (tertiary/aromatic N) is 4. The number of rotatable bonds is 48. The molecule has 0 saturated carbocycles. The van der Waals surface area contributed by atoms with E-state index in [1.165, 1.54) is 252 Å². The molecule has 2 fully saturated rings. The first-order valence-corrected chi connectivity index (χ1v) is 47.3. The quantitative estimate of drug-likeness (QED) is 0.0209. The van der Waals surface area contributed by atoms with Crippen LogP contribution < -0.4 is 0 Å². The van der Waals surface area contributed by atoms with E-state index in [4.69, 9.17) is 43.2 Å². The summed E-state index contributed by atoms with van der Waals surface area (Å²) in [4.78, 5) is 58.0. The van der Waals surface area contributed by atoms with Gasteiger partial charge in [0.1, 0.15) is 19.7 Å². The van der Waals surface area contributed by atoms with Crippen molar-refractivity contribution < 1.29 is 18.4 Å². The Bertz CT molecular complexity index is 3990. The fourth-order valence-electron chi connectivity index (χ4n) is 14.2. The van der Waals surface area contributed by atoms with Gasteiger partial charge in [0.2, 0.25) is 11.8 Å². The number of thiophene rings is 6. The van der Waals surface area contributed by atoms with Crippen molar-refractivity contribution in [1.82, 2.24) is 19.8 Å². The molecule has 8 nitrogen and oxygen atoms in total. The minimum absolute atomic E-state index is 0.0553. The molecule has 0 N–H and O–H groups in total. The topological polar surface area (TPSA) is 92.7 Å². The largest absolute Gasteiger partial charge is 0.435 e. The van der Waals surface area contributed by atoms with Gasteiger partial charge in [0.25, 0.3) is 11.8 Å². The van der Waals surface area contributed by atoms with E-state index in [1.807, 2.05) is 67.3 Å². The maximum Gasteiger partial charge on any atom is 0.266 e. The Kier molecular flexibility index (Phi) is 32.6. The predicted octanol–water partition coefficient (Wildman–Crippen LogP) is 30.3. The van der Waals surface area contributed by atoms with Crippen LogP contribution in [0.25, 0.3) is 94.9 Å². The molecule has 2 saturated heterocycles. The van der Waals surface area contributed by atoms with Crippen LogP contribution in [0, 0.1) is 0 Å². The number of oxazole rings is 2.